The molecule has 3 aromatic rings. The Hall–Kier alpha value is -2.56. The van der Waals surface area contributed by atoms with E-state index < -0.39 is 12.0 Å². The summed E-state index contributed by atoms with van der Waals surface area (Å²) in [6.07, 6.45) is 2.86. The molecule has 34 heavy (non-hydrogen) atoms. The summed E-state index contributed by atoms with van der Waals surface area (Å²) >= 11 is 1.55. The highest BCUT2D eigenvalue weighted by Crippen LogP contribution is 2.18. The van der Waals surface area contributed by atoms with Crippen LogP contribution in [0.4, 0.5) is 0 Å². The molecule has 0 aliphatic carbocycles. The van der Waals surface area contributed by atoms with Crippen LogP contribution in [0.25, 0.3) is 0 Å². The molecule has 0 aliphatic rings. The minimum absolute atomic E-state index is 0. The maximum absolute atomic E-state index is 10.8. The van der Waals surface area contributed by atoms with Gasteiger partial charge in [0.1, 0.15) is 36.6 Å². The summed E-state index contributed by atoms with van der Waals surface area (Å²) in [4.78, 5) is 17.0. The van der Waals surface area contributed by atoms with Crippen LogP contribution in [-0.4, -0.2) is 59.9 Å². The second kappa shape index (κ2) is 16.1. The van der Waals surface area contributed by atoms with Crippen LogP contribution < -0.4 is 19.9 Å². The van der Waals surface area contributed by atoms with Crippen molar-refractivity contribution in [2.45, 2.75) is 12.6 Å². The van der Waals surface area contributed by atoms with Crippen LogP contribution in [0, 0.1) is 0 Å². The molecule has 0 aliphatic heterocycles. The highest BCUT2D eigenvalue weighted by molar-refractivity contribution is 7.08. The molecule has 3 N–H and O–H groups in total. The number of halogens is 2. The average molecular weight is 530 g/mol. The number of carbonyl (C=O) groups excluding carboxylic acids is 1. The van der Waals surface area contributed by atoms with Crippen molar-refractivity contribution in [1.29, 1.82) is 0 Å². The van der Waals surface area contributed by atoms with Gasteiger partial charge >= 0.3 is 0 Å². The summed E-state index contributed by atoms with van der Waals surface area (Å²) in [7, 11) is 0. The van der Waals surface area contributed by atoms with Crippen molar-refractivity contribution < 1.29 is 24.1 Å². The Bertz CT molecular complexity index is 934. The number of primary amides is 1. The van der Waals surface area contributed by atoms with E-state index >= 15 is 0 Å². The van der Waals surface area contributed by atoms with E-state index in [2.05, 4.69) is 9.88 Å². The molecule has 2 aromatic heterocycles. The number of rotatable bonds is 14. The number of hydrogen-bond donors (Lipinski definition) is 2. The van der Waals surface area contributed by atoms with Crippen LogP contribution in [0.15, 0.2) is 65.6 Å². The maximum Gasteiger partial charge on any atom is 0.255 e. The van der Waals surface area contributed by atoms with Crippen molar-refractivity contribution in [1.82, 2.24) is 9.88 Å². The predicted molar refractivity (Wildman–Crippen MR) is 136 cm³/mol. The third kappa shape index (κ3) is 11.0. The van der Waals surface area contributed by atoms with Crippen molar-refractivity contribution in [2.24, 2.45) is 5.73 Å². The van der Waals surface area contributed by atoms with E-state index in [4.69, 9.17) is 19.9 Å². The zero-order chi connectivity index (χ0) is 22.6. The van der Waals surface area contributed by atoms with Gasteiger partial charge in [0.05, 0.1) is 0 Å². The fourth-order valence-electron chi connectivity index (χ4n) is 2.94. The number of aliphatic hydroxyl groups excluding tert-OH is 1. The largest absolute Gasteiger partial charge is 0.492 e. The number of nitrogens with two attached hydrogens (primary N) is 1. The molecule has 1 unspecified atom stereocenters. The van der Waals surface area contributed by atoms with Crippen LogP contribution in [0.2, 0.25) is 0 Å². The molecule has 1 atom stereocenters. The van der Waals surface area contributed by atoms with E-state index in [-0.39, 0.29) is 38.0 Å². The number of aliphatic hydroxyl groups is 1. The molecule has 186 valence electrons. The Labute approximate surface area is 215 Å². The van der Waals surface area contributed by atoms with Gasteiger partial charge < -0.3 is 25.1 Å². The number of carbonyl (C=O) groups is 1. The van der Waals surface area contributed by atoms with Gasteiger partial charge in [-0.05, 0) is 53.4 Å². The maximum atomic E-state index is 10.8. The lowest BCUT2D eigenvalue weighted by Crippen LogP contribution is -2.37. The third-order valence-corrected chi connectivity index (χ3v) is 5.10. The number of benzene rings is 1. The molecule has 0 radical (unpaired) electrons. The molecule has 2 heterocycles. The van der Waals surface area contributed by atoms with Gasteiger partial charge in [0.25, 0.3) is 5.91 Å². The molecule has 3 rings (SSSR count). The normalized spacial score (nSPS) is 11.1. The molecular weight excluding hydrogens is 501 g/mol. The topological polar surface area (TPSA) is 107 Å². The van der Waals surface area contributed by atoms with E-state index in [9.17, 15) is 9.90 Å². The number of thiophene rings is 1. The van der Waals surface area contributed by atoms with E-state index in [1.807, 2.05) is 29.0 Å². The fraction of sp³-hybridized carbons (Fsp3) is 0.304. The van der Waals surface area contributed by atoms with E-state index in [0.717, 1.165) is 11.3 Å². The summed E-state index contributed by atoms with van der Waals surface area (Å²) in [5, 5.41) is 14.3. The lowest BCUT2D eigenvalue weighted by atomic mass is 10.2. The predicted octanol–water partition coefficient (Wildman–Crippen LogP) is 3.17. The molecule has 0 fully saturated rings. The van der Waals surface area contributed by atoms with Gasteiger partial charge in [-0.1, -0.05) is 0 Å². The third-order valence-electron chi connectivity index (χ3n) is 4.44. The van der Waals surface area contributed by atoms with Crippen LogP contribution in [-0.2, 0) is 11.3 Å². The smallest absolute Gasteiger partial charge is 0.255 e. The first-order valence-corrected chi connectivity index (χ1v) is 11.1. The molecule has 0 saturated heterocycles. The van der Waals surface area contributed by atoms with Crippen LogP contribution in [0.1, 0.15) is 5.56 Å². The summed E-state index contributed by atoms with van der Waals surface area (Å²) < 4.78 is 16.7. The number of amides is 1. The van der Waals surface area contributed by atoms with E-state index in [0.29, 0.717) is 37.7 Å². The van der Waals surface area contributed by atoms with Gasteiger partial charge in [0, 0.05) is 37.4 Å². The number of pyridine rings is 1. The monoisotopic (exact) mass is 529 g/mol. The first-order valence-electron chi connectivity index (χ1n) is 10.2. The van der Waals surface area contributed by atoms with Gasteiger partial charge in [-0.25, -0.2) is 0 Å². The average Bonchev–Trinajstić information content (AvgIpc) is 3.31. The fourth-order valence-corrected chi connectivity index (χ4v) is 3.51. The summed E-state index contributed by atoms with van der Waals surface area (Å²) in [5.41, 5.74) is 6.17. The Kier molecular flexibility index (Phi) is 14.0. The molecule has 11 heteroatoms. The second-order valence-corrected chi connectivity index (χ2v) is 7.87. The number of ether oxygens (including phenoxy) is 3. The van der Waals surface area contributed by atoms with Crippen molar-refractivity contribution in [2.75, 3.05) is 32.9 Å². The minimum atomic E-state index is -0.640. The molecule has 0 spiro atoms. The standard InChI is InChI=1S/C23H27N3O5S.2ClH/c24-23(28)16-31-21-3-1-20(2-4-21)29-11-10-26(13-18-5-8-25-9-6-18)14-19(27)15-30-22-7-12-32-17-22;;/h1-9,12,17,19,27H,10-11,13-16H2,(H2,24,28);2*1H. The highest BCUT2D eigenvalue weighted by atomic mass is 35.5. The highest BCUT2D eigenvalue weighted by Gasteiger charge is 2.14. The van der Waals surface area contributed by atoms with Crippen LogP contribution >= 0.6 is 36.2 Å². The Morgan fingerprint density at radius 3 is 2.29 bits per heavy atom. The second-order valence-electron chi connectivity index (χ2n) is 7.09. The Balaban J connectivity index is 0.00000289. The summed E-state index contributed by atoms with van der Waals surface area (Å²) in [6.45, 7) is 2.19. The van der Waals surface area contributed by atoms with Gasteiger partial charge in [-0.2, -0.15) is 0 Å². The number of hydrogen-bond acceptors (Lipinski definition) is 8. The lowest BCUT2D eigenvalue weighted by molar-refractivity contribution is -0.119. The number of nitrogens with zero attached hydrogens (tertiary/aromatic N) is 2. The van der Waals surface area contributed by atoms with E-state index in [1.54, 1.807) is 48.0 Å². The van der Waals surface area contributed by atoms with E-state index in [1.165, 1.54) is 0 Å². The van der Waals surface area contributed by atoms with Gasteiger partial charge in [-0.15, -0.1) is 36.2 Å². The lowest BCUT2D eigenvalue weighted by Gasteiger charge is -2.25. The first kappa shape index (κ1) is 29.5. The van der Waals surface area contributed by atoms with Gasteiger partial charge in [0.15, 0.2) is 6.61 Å². The van der Waals surface area contributed by atoms with Crippen molar-refractivity contribution in [3.8, 4) is 17.2 Å². The van der Waals surface area contributed by atoms with Gasteiger partial charge in [-0.3, -0.25) is 14.7 Å². The number of aromatic nitrogens is 1. The summed E-state index contributed by atoms with van der Waals surface area (Å²) in [5.74, 6) is 1.47. The van der Waals surface area contributed by atoms with Crippen molar-refractivity contribution in [3.63, 3.8) is 0 Å². The zero-order valence-electron chi connectivity index (χ0n) is 18.4. The SMILES string of the molecule is Cl.Cl.NC(=O)COc1ccc(OCCN(Cc2ccncc2)CC(O)COc2ccsc2)cc1. The Morgan fingerprint density at radius 1 is 1.00 bits per heavy atom. The molecule has 0 bridgehead atoms. The first-order chi connectivity index (χ1) is 15.6. The molecule has 1 aromatic carbocycles. The molecule has 0 saturated carbocycles. The zero-order valence-corrected chi connectivity index (χ0v) is 20.9. The summed E-state index contributed by atoms with van der Waals surface area (Å²) in [6, 6.07) is 12.8. The molecule has 1 amide bonds. The Morgan fingerprint density at radius 2 is 1.68 bits per heavy atom. The van der Waals surface area contributed by atoms with Crippen LogP contribution in [0.3, 0.4) is 0 Å². The quantitative estimate of drug-likeness (QED) is 0.330. The van der Waals surface area contributed by atoms with Crippen molar-refractivity contribution >= 4 is 42.1 Å². The minimum Gasteiger partial charge on any atom is -0.492 e. The molecular formula is C23H29Cl2N3O5S. The van der Waals surface area contributed by atoms with Crippen LogP contribution in [0.5, 0.6) is 17.2 Å². The molecule has 8 nitrogen and oxygen atoms in total. The van der Waals surface area contributed by atoms with Crippen molar-refractivity contribution in [3.05, 3.63) is 71.2 Å². The van der Waals surface area contributed by atoms with Gasteiger partial charge in [0.2, 0.25) is 0 Å².